The van der Waals surface area contributed by atoms with Crippen LogP contribution in [0.4, 0.5) is 17.3 Å². The molecule has 0 aliphatic carbocycles. The number of nitrogens with two attached hydrogens (primary N) is 2. The molecule has 1 aliphatic rings. The summed E-state index contributed by atoms with van der Waals surface area (Å²) in [4.78, 5) is 36.5. The van der Waals surface area contributed by atoms with Gasteiger partial charge in [-0.15, -0.1) is 0 Å². The Morgan fingerprint density at radius 1 is 0.860 bits per heavy atom. The molecule has 1 aliphatic heterocycles. The Morgan fingerprint density at radius 3 is 2.02 bits per heavy atom. The van der Waals surface area contributed by atoms with Gasteiger partial charge in [-0.05, 0) is 52.8 Å². The molecule has 5 heterocycles. The van der Waals surface area contributed by atoms with Crippen molar-refractivity contribution in [3.8, 4) is 0 Å². The minimum atomic E-state index is -1.24. The Balaban J connectivity index is 0.000000273. The number of nitrogens with zero attached hydrogens (tertiary/aromatic N) is 7. The van der Waals surface area contributed by atoms with Crippen molar-refractivity contribution in [2.24, 2.45) is 0 Å². The van der Waals surface area contributed by atoms with Gasteiger partial charge in [-0.3, -0.25) is 9.59 Å². The van der Waals surface area contributed by atoms with Crippen molar-refractivity contribution in [3.63, 3.8) is 0 Å². The van der Waals surface area contributed by atoms with Gasteiger partial charge in [-0.1, -0.05) is 69.6 Å². The normalized spacial score (nSPS) is 14.7. The van der Waals surface area contributed by atoms with Crippen molar-refractivity contribution >= 4 is 83.0 Å². The number of halogens is 1. The maximum Gasteiger partial charge on any atom is 0.314 e. The molecule has 0 bridgehead atoms. The molecule has 2 amide bonds. The molecule has 18 heteroatoms. The number of ether oxygens (including phenoxy) is 3. The van der Waals surface area contributed by atoms with Crippen molar-refractivity contribution in [3.05, 3.63) is 65.2 Å². The molecule has 308 valence electrons. The molecule has 1 unspecified atom stereocenters. The summed E-state index contributed by atoms with van der Waals surface area (Å²) in [5.74, 6) is -0.605. The molecular weight excluding hydrogens is 825 g/mol. The van der Waals surface area contributed by atoms with Crippen LogP contribution in [0.15, 0.2) is 59.6 Å². The Labute approximate surface area is 345 Å². The number of aromatic nitrogens is 6. The first kappa shape index (κ1) is 43.9. The second kappa shape index (κ2) is 20.0. The van der Waals surface area contributed by atoms with Crippen molar-refractivity contribution in [1.29, 1.82) is 0 Å². The number of carbonyl (C=O) groups excluding carboxylic acids is 2. The highest BCUT2D eigenvalue weighted by Crippen LogP contribution is 2.28. The molecule has 6 rings (SSSR count). The average Bonchev–Trinajstić information content (AvgIpc) is 3.81. The lowest BCUT2D eigenvalue weighted by Crippen LogP contribution is -2.44. The first-order valence-corrected chi connectivity index (χ1v) is 27.6. The molecule has 57 heavy (non-hydrogen) atoms. The lowest BCUT2D eigenvalue weighted by Gasteiger charge is -2.29. The van der Waals surface area contributed by atoms with Crippen LogP contribution in [0.3, 0.4) is 0 Å². The zero-order valence-electron chi connectivity index (χ0n) is 34.0. The van der Waals surface area contributed by atoms with Gasteiger partial charge in [-0.25, -0.2) is 19.3 Å². The van der Waals surface area contributed by atoms with E-state index in [0.717, 1.165) is 58.9 Å². The number of pyridine rings is 2. The predicted molar refractivity (Wildman–Crippen MR) is 234 cm³/mol. The van der Waals surface area contributed by atoms with Gasteiger partial charge in [-0.2, -0.15) is 10.2 Å². The van der Waals surface area contributed by atoms with E-state index >= 15 is 0 Å². The molecule has 1 saturated heterocycles. The van der Waals surface area contributed by atoms with E-state index in [0.29, 0.717) is 55.4 Å². The first-order chi connectivity index (χ1) is 27.1. The Kier molecular flexibility index (Phi) is 15.4. The fraction of sp³-hybridized carbons (Fsp3) is 0.487. The maximum atomic E-state index is 13.4. The predicted octanol–water partition coefficient (Wildman–Crippen LogP) is 6.95. The Morgan fingerprint density at radius 2 is 1.44 bits per heavy atom. The number of anilines is 3. The minimum Gasteiger partial charge on any atom is -0.383 e. The van der Waals surface area contributed by atoms with E-state index in [1.54, 1.807) is 28.2 Å². The summed E-state index contributed by atoms with van der Waals surface area (Å²) in [5.41, 5.74) is 14.7. The number of carbonyl (C=O) groups is 2. The fourth-order valence-electron chi connectivity index (χ4n) is 6.09. The topological polar surface area (TPSA) is 191 Å². The average molecular weight is 882 g/mol. The number of rotatable bonds is 15. The number of nitrogens with one attached hydrogen (secondary N) is 1. The number of amides is 2. The van der Waals surface area contributed by atoms with Crippen LogP contribution < -0.4 is 16.8 Å². The van der Waals surface area contributed by atoms with Crippen LogP contribution in [-0.4, -0.2) is 94.9 Å². The molecule has 0 saturated carbocycles. The third-order valence-electron chi connectivity index (χ3n) is 9.43. The van der Waals surface area contributed by atoms with Gasteiger partial charge in [0, 0.05) is 55.3 Å². The van der Waals surface area contributed by atoms with E-state index in [9.17, 15) is 9.59 Å². The molecule has 5 aromatic rings. The van der Waals surface area contributed by atoms with Gasteiger partial charge in [0.05, 0.1) is 56.7 Å². The number of nitrogen functional groups attached to an aromatic ring is 2. The van der Waals surface area contributed by atoms with Crippen LogP contribution in [-0.2, 0) is 43.8 Å². The van der Waals surface area contributed by atoms with E-state index in [2.05, 4.69) is 80.7 Å². The summed E-state index contributed by atoms with van der Waals surface area (Å²) in [6, 6.07) is 11.8. The van der Waals surface area contributed by atoms with E-state index in [-0.39, 0.29) is 18.7 Å². The fourth-order valence-corrected chi connectivity index (χ4v) is 8.12. The van der Waals surface area contributed by atoms with Gasteiger partial charge < -0.3 is 35.9 Å². The zero-order chi connectivity index (χ0) is 41.2. The zero-order valence-corrected chi connectivity index (χ0v) is 37.5. The van der Waals surface area contributed by atoms with E-state index < -0.39 is 28.0 Å². The van der Waals surface area contributed by atoms with Crippen molar-refractivity contribution < 1.29 is 23.8 Å². The summed E-state index contributed by atoms with van der Waals surface area (Å²) in [6.07, 6.45) is 9.29. The molecule has 15 nitrogen and oxygen atoms in total. The highest BCUT2D eigenvalue weighted by atomic mass is 79.9. The number of hydrogen-bond donors (Lipinski definition) is 3. The van der Waals surface area contributed by atoms with Gasteiger partial charge in [0.1, 0.15) is 25.1 Å². The van der Waals surface area contributed by atoms with Gasteiger partial charge >= 0.3 is 11.8 Å². The Bertz CT molecular complexity index is 2100. The molecule has 4 aromatic heterocycles. The van der Waals surface area contributed by atoms with E-state index in [1.165, 1.54) is 6.20 Å². The standard InChI is InChI=1S/C27H38N6O4Si.C12H19BrN4OSi/c1-38(2,3)14-13-36-19-33-24-22(15-30-33)25(28)29-16-23(24)31-26(34)27(35)32(17-20-9-5-4-6-10-20)18-21-11-7-8-12-37-21;1-19(2,3)5-4-18-8-17-11-9(6-16-17)12(14)15-7-10(11)13/h4-6,9-10,15-16,21H,7-8,11-14,17-19H2,1-3H3,(H2,28,29)(H,31,34);6-7H,4-5,8H2,1-3H3,(H2,14,15). The van der Waals surface area contributed by atoms with Crippen LogP contribution >= 0.6 is 15.9 Å². The maximum absolute atomic E-state index is 13.4. The van der Waals surface area contributed by atoms with Crippen LogP contribution in [0.2, 0.25) is 51.4 Å². The molecule has 5 N–H and O–H groups in total. The minimum absolute atomic E-state index is 0.0937. The number of benzene rings is 1. The smallest absolute Gasteiger partial charge is 0.314 e. The van der Waals surface area contributed by atoms with Crippen molar-refractivity contribution in [1.82, 2.24) is 34.4 Å². The molecule has 1 fully saturated rings. The van der Waals surface area contributed by atoms with Crippen molar-refractivity contribution in [2.75, 3.05) is 43.1 Å². The van der Waals surface area contributed by atoms with Crippen LogP contribution in [0.25, 0.3) is 21.8 Å². The second-order valence-corrected chi connectivity index (χ2v) is 28.8. The van der Waals surface area contributed by atoms with Crippen LogP contribution in [0.1, 0.15) is 24.8 Å². The van der Waals surface area contributed by atoms with E-state index in [4.69, 9.17) is 25.7 Å². The van der Waals surface area contributed by atoms with Gasteiger partial charge in [0.15, 0.2) is 0 Å². The summed E-state index contributed by atoms with van der Waals surface area (Å²) < 4.78 is 21.8. The molecule has 1 aromatic carbocycles. The van der Waals surface area contributed by atoms with Gasteiger partial charge in [0.2, 0.25) is 0 Å². The SMILES string of the molecule is C[Si](C)(C)CCOCn1ncc2c(N)ncc(Br)c21.C[Si](C)(C)CCOCn1ncc2c(N)ncc(NC(=O)C(=O)N(Cc3ccccc3)CC3CCCCO3)c21. The van der Waals surface area contributed by atoms with Gasteiger partial charge in [0.25, 0.3) is 0 Å². The highest BCUT2D eigenvalue weighted by molar-refractivity contribution is 9.10. The van der Waals surface area contributed by atoms with E-state index in [1.807, 2.05) is 35.0 Å². The molecular formula is C39H57BrN10O5Si2. The number of fused-ring (bicyclic) bond motifs is 2. The summed E-state index contributed by atoms with van der Waals surface area (Å²) in [6.45, 7) is 17.2. The Hall–Kier alpha value is -4.21. The third kappa shape index (κ3) is 12.9. The third-order valence-corrected chi connectivity index (χ3v) is 13.4. The largest absolute Gasteiger partial charge is 0.383 e. The van der Waals surface area contributed by atoms with Crippen molar-refractivity contribution in [2.45, 2.75) is 96.7 Å². The lowest BCUT2D eigenvalue weighted by atomic mass is 10.1. The highest BCUT2D eigenvalue weighted by Gasteiger charge is 2.28. The van der Waals surface area contributed by atoms with Crippen LogP contribution in [0.5, 0.6) is 0 Å². The summed E-state index contributed by atoms with van der Waals surface area (Å²) in [7, 11) is -2.28. The van der Waals surface area contributed by atoms with Crippen LogP contribution in [0, 0.1) is 0 Å². The number of hydrogen-bond acceptors (Lipinski definition) is 11. The summed E-state index contributed by atoms with van der Waals surface area (Å²) >= 11 is 3.47. The molecule has 1 atom stereocenters. The first-order valence-electron chi connectivity index (χ1n) is 19.4. The summed E-state index contributed by atoms with van der Waals surface area (Å²) in [5, 5.41) is 12.9. The second-order valence-electron chi connectivity index (χ2n) is 16.7. The lowest BCUT2D eigenvalue weighted by molar-refractivity contribution is -0.145. The molecule has 0 radical (unpaired) electrons. The quantitative estimate of drug-likeness (QED) is 0.0561. The molecule has 0 spiro atoms. The monoisotopic (exact) mass is 880 g/mol.